The van der Waals surface area contributed by atoms with Crippen molar-refractivity contribution < 1.29 is 14.4 Å². The van der Waals surface area contributed by atoms with E-state index in [4.69, 9.17) is 0 Å². The summed E-state index contributed by atoms with van der Waals surface area (Å²) in [7, 11) is 3.90. The summed E-state index contributed by atoms with van der Waals surface area (Å²) in [5.74, 6) is -0.464. The Labute approximate surface area is 180 Å². The Morgan fingerprint density at radius 2 is 1.70 bits per heavy atom. The van der Waals surface area contributed by atoms with Crippen LogP contribution in [0, 0.1) is 0 Å². The summed E-state index contributed by atoms with van der Waals surface area (Å²) in [6, 6.07) is 15.2. The van der Waals surface area contributed by atoms with Crippen molar-refractivity contribution in [3.63, 3.8) is 0 Å². The summed E-state index contributed by atoms with van der Waals surface area (Å²) >= 11 is 0.849. The molecule has 156 valence electrons. The Balaban J connectivity index is 1.64. The van der Waals surface area contributed by atoms with Gasteiger partial charge in [-0.05, 0) is 59.1 Å². The SMILES string of the molecule is CC(C)c1ccc(NC(=O)CN2C(=O)S/C(=C/c3ccc(N(C)C)cc3)C2=O)cc1. The minimum Gasteiger partial charge on any atom is -0.378 e. The van der Waals surface area contributed by atoms with Crippen molar-refractivity contribution in [1.29, 1.82) is 0 Å². The highest BCUT2D eigenvalue weighted by Crippen LogP contribution is 2.32. The third kappa shape index (κ3) is 5.10. The molecule has 6 nitrogen and oxygen atoms in total. The number of nitrogens with zero attached hydrogens (tertiary/aromatic N) is 2. The molecule has 0 bridgehead atoms. The van der Waals surface area contributed by atoms with E-state index < -0.39 is 17.1 Å². The first-order valence-corrected chi connectivity index (χ1v) is 10.5. The van der Waals surface area contributed by atoms with Gasteiger partial charge in [0.2, 0.25) is 5.91 Å². The normalized spacial score (nSPS) is 15.2. The van der Waals surface area contributed by atoms with E-state index in [1.54, 1.807) is 6.08 Å². The zero-order valence-electron chi connectivity index (χ0n) is 17.5. The van der Waals surface area contributed by atoms with Crippen LogP contribution in [0.2, 0.25) is 0 Å². The number of nitrogens with one attached hydrogen (secondary N) is 1. The molecule has 0 aliphatic carbocycles. The van der Waals surface area contributed by atoms with Gasteiger partial charge in [0.15, 0.2) is 0 Å². The molecular weight excluding hydrogens is 398 g/mol. The topological polar surface area (TPSA) is 69.7 Å². The molecule has 1 aliphatic rings. The number of carbonyl (C=O) groups is 3. The fourth-order valence-electron chi connectivity index (χ4n) is 2.95. The third-order valence-electron chi connectivity index (χ3n) is 4.74. The number of hydrogen-bond acceptors (Lipinski definition) is 5. The maximum atomic E-state index is 12.6. The van der Waals surface area contributed by atoms with Crippen LogP contribution in [0.1, 0.15) is 30.9 Å². The first kappa shape index (κ1) is 21.6. The van der Waals surface area contributed by atoms with Crippen LogP contribution in [-0.4, -0.2) is 42.6 Å². The van der Waals surface area contributed by atoms with Crippen LogP contribution in [0.3, 0.4) is 0 Å². The van der Waals surface area contributed by atoms with Crippen LogP contribution in [0.25, 0.3) is 6.08 Å². The summed E-state index contributed by atoms with van der Waals surface area (Å²) in [4.78, 5) is 40.5. The third-order valence-corrected chi connectivity index (χ3v) is 5.65. The van der Waals surface area contributed by atoms with E-state index in [1.807, 2.05) is 67.5 Å². The minimum absolute atomic E-state index is 0.312. The maximum absolute atomic E-state index is 12.6. The molecule has 1 aliphatic heterocycles. The predicted octanol–water partition coefficient (Wildman–Crippen LogP) is 4.55. The van der Waals surface area contributed by atoms with E-state index in [2.05, 4.69) is 19.2 Å². The fourth-order valence-corrected chi connectivity index (χ4v) is 3.79. The monoisotopic (exact) mass is 423 g/mol. The lowest BCUT2D eigenvalue weighted by molar-refractivity contribution is -0.127. The van der Waals surface area contributed by atoms with Gasteiger partial charge in [-0.25, -0.2) is 0 Å². The average Bonchev–Trinajstić information content (AvgIpc) is 2.96. The molecule has 7 heteroatoms. The van der Waals surface area contributed by atoms with Crippen molar-refractivity contribution >= 4 is 46.3 Å². The number of carbonyl (C=O) groups excluding carboxylic acids is 3. The molecule has 3 rings (SSSR count). The first-order valence-electron chi connectivity index (χ1n) is 9.67. The van der Waals surface area contributed by atoms with E-state index in [1.165, 1.54) is 5.56 Å². The largest absolute Gasteiger partial charge is 0.378 e. The molecule has 0 radical (unpaired) electrons. The first-order chi connectivity index (χ1) is 14.2. The van der Waals surface area contributed by atoms with Gasteiger partial charge in [0.1, 0.15) is 6.54 Å². The molecule has 2 aromatic carbocycles. The van der Waals surface area contributed by atoms with Gasteiger partial charge >= 0.3 is 0 Å². The van der Waals surface area contributed by atoms with Crippen LogP contribution < -0.4 is 10.2 Å². The molecule has 1 heterocycles. The van der Waals surface area contributed by atoms with Crippen molar-refractivity contribution in [1.82, 2.24) is 4.90 Å². The summed E-state index contributed by atoms with van der Waals surface area (Å²) in [6.45, 7) is 3.88. The molecule has 1 N–H and O–H groups in total. The van der Waals surface area contributed by atoms with Crippen molar-refractivity contribution in [2.75, 3.05) is 30.9 Å². The minimum atomic E-state index is -0.452. The lowest BCUT2D eigenvalue weighted by Gasteiger charge is -2.13. The molecule has 2 aromatic rings. The molecule has 30 heavy (non-hydrogen) atoms. The molecule has 0 aromatic heterocycles. The summed E-state index contributed by atoms with van der Waals surface area (Å²) in [5, 5.41) is 2.30. The van der Waals surface area contributed by atoms with E-state index in [0.29, 0.717) is 16.5 Å². The van der Waals surface area contributed by atoms with Crippen LogP contribution >= 0.6 is 11.8 Å². The van der Waals surface area contributed by atoms with Gasteiger partial charge in [-0.15, -0.1) is 0 Å². The van der Waals surface area contributed by atoms with Crippen LogP contribution in [0.5, 0.6) is 0 Å². The van der Waals surface area contributed by atoms with E-state index in [0.717, 1.165) is 27.9 Å². The summed E-state index contributed by atoms with van der Waals surface area (Å²) in [6.07, 6.45) is 1.67. The summed E-state index contributed by atoms with van der Waals surface area (Å²) < 4.78 is 0. The molecular formula is C23H25N3O3S. The molecule has 0 saturated carbocycles. The number of amides is 3. The maximum Gasteiger partial charge on any atom is 0.294 e. The van der Waals surface area contributed by atoms with E-state index in [-0.39, 0.29) is 6.54 Å². The van der Waals surface area contributed by atoms with Crippen LogP contribution in [0.15, 0.2) is 53.4 Å². The van der Waals surface area contributed by atoms with Gasteiger partial charge in [-0.1, -0.05) is 38.1 Å². The fraction of sp³-hybridized carbons (Fsp3) is 0.261. The number of imide groups is 1. The lowest BCUT2D eigenvalue weighted by Crippen LogP contribution is -2.36. The Kier molecular flexibility index (Phi) is 6.62. The number of thioether (sulfide) groups is 1. The van der Waals surface area contributed by atoms with Crippen molar-refractivity contribution in [3.8, 4) is 0 Å². The average molecular weight is 424 g/mol. The zero-order valence-corrected chi connectivity index (χ0v) is 18.3. The second kappa shape index (κ2) is 9.17. The molecule has 0 spiro atoms. The second-order valence-corrected chi connectivity index (χ2v) is 8.57. The number of anilines is 2. The standard InChI is InChI=1S/C23H25N3O3S/c1-15(2)17-7-9-18(10-8-17)24-21(27)14-26-22(28)20(30-23(26)29)13-16-5-11-19(12-6-16)25(3)4/h5-13,15H,14H2,1-4H3,(H,24,27)/b20-13+. The zero-order chi connectivity index (χ0) is 21.8. The van der Waals surface area contributed by atoms with Crippen LogP contribution in [0.4, 0.5) is 16.2 Å². The van der Waals surface area contributed by atoms with Crippen molar-refractivity contribution in [2.24, 2.45) is 0 Å². The number of rotatable bonds is 6. The predicted molar refractivity (Wildman–Crippen MR) is 123 cm³/mol. The molecule has 0 atom stereocenters. The van der Waals surface area contributed by atoms with Gasteiger partial charge in [0.25, 0.3) is 11.1 Å². The Hall–Kier alpha value is -3.06. The highest BCUT2D eigenvalue weighted by molar-refractivity contribution is 8.18. The summed E-state index contributed by atoms with van der Waals surface area (Å²) in [5.41, 5.74) is 3.66. The van der Waals surface area contributed by atoms with Gasteiger partial charge in [-0.3, -0.25) is 19.3 Å². The van der Waals surface area contributed by atoms with Crippen LogP contribution in [-0.2, 0) is 9.59 Å². The number of hydrogen-bond donors (Lipinski definition) is 1. The molecule has 3 amide bonds. The Morgan fingerprint density at radius 3 is 2.27 bits per heavy atom. The van der Waals surface area contributed by atoms with E-state index in [9.17, 15) is 14.4 Å². The van der Waals surface area contributed by atoms with Gasteiger partial charge in [0.05, 0.1) is 4.91 Å². The van der Waals surface area contributed by atoms with Gasteiger partial charge in [-0.2, -0.15) is 0 Å². The Bertz CT molecular complexity index is 980. The van der Waals surface area contributed by atoms with Gasteiger partial charge < -0.3 is 10.2 Å². The van der Waals surface area contributed by atoms with Crippen molar-refractivity contribution in [2.45, 2.75) is 19.8 Å². The molecule has 1 fully saturated rings. The quantitative estimate of drug-likeness (QED) is 0.690. The lowest BCUT2D eigenvalue weighted by atomic mass is 10.0. The second-order valence-electron chi connectivity index (χ2n) is 7.58. The highest BCUT2D eigenvalue weighted by Gasteiger charge is 2.36. The van der Waals surface area contributed by atoms with Crippen molar-refractivity contribution in [3.05, 3.63) is 64.6 Å². The highest BCUT2D eigenvalue weighted by atomic mass is 32.2. The molecule has 0 unspecified atom stereocenters. The smallest absolute Gasteiger partial charge is 0.294 e. The number of benzene rings is 2. The van der Waals surface area contributed by atoms with Gasteiger partial charge in [0, 0.05) is 25.5 Å². The molecule has 1 saturated heterocycles. The van der Waals surface area contributed by atoms with E-state index >= 15 is 0 Å². The Morgan fingerprint density at radius 1 is 1.07 bits per heavy atom.